The minimum Gasteiger partial charge on any atom is -0.0961 e. The SMILES string of the molecule is [CH2]/C(C)=C/C(=C)C. The van der Waals surface area contributed by atoms with Crippen molar-refractivity contribution in [1.82, 2.24) is 0 Å². The van der Waals surface area contributed by atoms with Gasteiger partial charge in [-0.3, -0.25) is 0 Å². The summed E-state index contributed by atoms with van der Waals surface area (Å²) in [5.41, 5.74) is 2.12. The summed E-state index contributed by atoms with van der Waals surface area (Å²) in [5, 5.41) is 0. The zero-order valence-electron chi connectivity index (χ0n) is 4.99. The first-order valence-electron chi connectivity index (χ1n) is 2.28. The largest absolute Gasteiger partial charge is 0.0961 e. The van der Waals surface area contributed by atoms with Crippen LogP contribution in [-0.2, 0) is 0 Å². The first kappa shape index (κ1) is 6.48. The smallest absolute Gasteiger partial charge is 0.0282 e. The van der Waals surface area contributed by atoms with Crippen molar-refractivity contribution in [3.63, 3.8) is 0 Å². The van der Waals surface area contributed by atoms with Crippen LogP contribution in [0.15, 0.2) is 23.8 Å². The third-order valence-electron chi connectivity index (χ3n) is 0.493. The summed E-state index contributed by atoms with van der Waals surface area (Å²) in [4.78, 5) is 0. The monoisotopic (exact) mass is 95.1 g/mol. The first-order chi connectivity index (χ1) is 3.13. The van der Waals surface area contributed by atoms with E-state index in [1.54, 1.807) is 0 Å². The van der Waals surface area contributed by atoms with Crippen LogP contribution in [0.5, 0.6) is 0 Å². The van der Waals surface area contributed by atoms with Crippen molar-refractivity contribution < 1.29 is 0 Å². The van der Waals surface area contributed by atoms with E-state index in [1.165, 1.54) is 0 Å². The van der Waals surface area contributed by atoms with Gasteiger partial charge in [0, 0.05) is 0 Å². The molecule has 0 saturated carbocycles. The zero-order chi connectivity index (χ0) is 5.86. The molecule has 0 atom stereocenters. The molecule has 0 N–H and O–H groups in total. The summed E-state index contributed by atoms with van der Waals surface area (Å²) in [6.45, 7) is 11.3. The fraction of sp³-hybridized carbons (Fsp3) is 0.286. The molecule has 0 saturated heterocycles. The van der Waals surface area contributed by atoms with Gasteiger partial charge in [0.25, 0.3) is 0 Å². The van der Waals surface area contributed by atoms with Crippen LogP contribution >= 0.6 is 0 Å². The van der Waals surface area contributed by atoms with Gasteiger partial charge in [-0.2, -0.15) is 0 Å². The second kappa shape index (κ2) is 2.62. The molecule has 0 bridgehead atoms. The zero-order valence-corrected chi connectivity index (χ0v) is 4.99. The van der Waals surface area contributed by atoms with Crippen molar-refractivity contribution in [2.75, 3.05) is 0 Å². The molecular formula is C7H11. The highest BCUT2D eigenvalue weighted by Gasteiger charge is 1.74. The van der Waals surface area contributed by atoms with E-state index in [4.69, 9.17) is 0 Å². The highest BCUT2D eigenvalue weighted by Crippen LogP contribution is 1.94. The lowest BCUT2D eigenvalue weighted by Gasteiger charge is -1.85. The molecule has 0 heteroatoms. The van der Waals surface area contributed by atoms with Crippen LogP contribution < -0.4 is 0 Å². The summed E-state index contributed by atoms with van der Waals surface area (Å²) in [6.07, 6.45) is 1.94. The van der Waals surface area contributed by atoms with Gasteiger partial charge in [0.1, 0.15) is 0 Å². The molecule has 0 spiro atoms. The van der Waals surface area contributed by atoms with Gasteiger partial charge in [-0.25, -0.2) is 0 Å². The molecule has 0 amide bonds. The van der Waals surface area contributed by atoms with Gasteiger partial charge < -0.3 is 0 Å². The van der Waals surface area contributed by atoms with Crippen molar-refractivity contribution in [1.29, 1.82) is 0 Å². The van der Waals surface area contributed by atoms with E-state index in [-0.39, 0.29) is 0 Å². The number of allylic oxidation sites excluding steroid dienone is 3. The minimum atomic E-state index is 1.06. The molecule has 0 aromatic carbocycles. The second-order valence-electron chi connectivity index (χ2n) is 1.84. The van der Waals surface area contributed by atoms with Gasteiger partial charge >= 0.3 is 0 Å². The van der Waals surface area contributed by atoms with E-state index in [0.29, 0.717) is 0 Å². The van der Waals surface area contributed by atoms with Crippen LogP contribution in [-0.4, -0.2) is 0 Å². The van der Waals surface area contributed by atoms with Gasteiger partial charge in [-0.1, -0.05) is 23.8 Å². The molecule has 0 nitrogen and oxygen atoms in total. The van der Waals surface area contributed by atoms with Crippen molar-refractivity contribution in [3.8, 4) is 0 Å². The van der Waals surface area contributed by atoms with E-state index >= 15 is 0 Å². The molecule has 1 radical (unpaired) electrons. The molecule has 0 heterocycles. The Kier molecular flexibility index (Phi) is 2.42. The van der Waals surface area contributed by atoms with Gasteiger partial charge in [0.05, 0.1) is 0 Å². The van der Waals surface area contributed by atoms with E-state index < -0.39 is 0 Å². The van der Waals surface area contributed by atoms with Crippen molar-refractivity contribution >= 4 is 0 Å². The summed E-state index contributed by atoms with van der Waals surface area (Å²) < 4.78 is 0. The molecule has 0 aliphatic heterocycles. The van der Waals surface area contributed by atoms with Gasteiger partial charge in [0.15, 0.2) is 0 Å². The van der Waals surface area contributed by atoms with Crippen LogP contribution in [0.2, 0.25) is 0 Å². The number of hydrogen-bond acceptors (Lipinski definition) is 0. The fourth-order valence-electron chi connectivity index (χ4n) is 0.421. The molecule has 0 aromatic heterocycles. The summed E-state index contributed by atoms with van der Waals surface area (Å²) in [6, 6.07) is 0. The molecular weight excluding hydrogens is 84.1 g/mol. The lowest BCUT2D eigenvalue weighted by Crippen LogP contribution is -1.64. The second-order valence-corrected chi connectivity index (χ2v) is 1.84. The Balaban J connectivity index is 3.68. The maximum absolute atomic E-state index is 3.68. The van der Waals surface area contributed by atoms with E-state index in [9.17, 15) is 0 Å². The van der Waals surface area contributed by atoms with Gasteiger partial charge in [-0.05, 0) is 20.8 Å². The molecule has 39 valence electrons. The van der Waals surface area contributed by atoms with Crippen molar-refractivity contribution in [2.24, 2.45) is 0 Å². The topological polar surface area (TPSA) is 0 Å². The quantitative estimate of drug-likeness (QED) is 0.438. The van der Waals surface area contributed by atoms with E-state index in [2.05, 4.69) is 13.5 Å². The Bertz CT molecular complexity index is 92.6. The van der Waals surface area contributed by atoms with Crippen molar-refractivity contribution in [2.45, 2.75) is 13.8 Å². The lowest BCUT2D eigenvalue weighted by atomic mass is 10.2. The highest BCUT2D eigenvalue weighted by atomic mass is 13.8. The number of rotatable bonds is 1. The molecule has 0 rings (SSSR count). The molecule has 0 unspecified atom stereocenters. The Hall–Kier alpha value is -0.520. The summed E-state index contributed by atoms with van der Waals surface area (Å²) in [5.74, 6) is 0. The molecule has 7 heavy (non-hydrogen) atoms. The predicted molar refractivity (Wildman–Crippen MR) is 33.9 cm³/mol. The average Bonchev–Trinajstić information content (AvgIpc) is 1.27. The summed E-state index contributed by atoms with van der Waals surface area (Å²) >= 11 is 0. The Labute approximate surface area is 45.5 Å². The normalized spacial score (nSPS) is 11.6. The lowest BCUT2D eigenvalue weighted by molar-refractivity contribution is 1.45. The summed E-state index contributed by atoms with van der Waals surface area (Å²) in [7, 11) is 0. The van der Waals surface area contributed by atoms with Crippen LogP contribution in [0.1, 0.15) is 13.8 Å². The fourth-order valence-corrected chi connectivity index (χ4v) is 0.421. The van der Waals surface area contributed by atoms with Gasteiger partial charge in [0.2, 0.25) is 0 Å². The maximum Gasteiger partial charge on any atom is -0.0282 e. The Morgan fingerprint density at radius 3 is 1.86 bits per heavy atom. The minimum absolute atomic E-state index is 1.06. The van der Waals surface area contributed by atoms with Crippen LogP contribution in [0.4, 0.5) is 0 Å². The maximum atomic E-state index is 3.68. The third-order valence-corrected chi connectivity index (χ3v) is 0.493. The highest BCUT2D eigenvalue weighted by molar-refractivity contribution is 5.18. The Morgan fingerprint density at radius 1 is 1.43 bits per heavy atom. The van der Waals surface area contributed by atoms with Crippen LogP contribution in [0, 0.1) is 6.92 Å². The van der Waals surface area contributed by atoms with Crippen molar-refractivity contribution in [3.05, 3.63) is 30.7 Å². The predicted octanol–water partition coefficient (Wildman–Crippen LogP) is 2.34. The van der Waals surface area contributed by atoms with Crippen LogP contribution in [0.25, 0.3) is 0 Å². The molecule has 0 aromatic rings. The molecule has 0 aliphatic carbocycles. The molecule has 0 fully saturated rings. The first-order valence-corrected chi connectivity index (χ1v) is 2.28. The van der Waals surface area contributed by atoms with Crippen LogP contribution in [0.3, 0.4) is 0 Å². The van der Waals surface area contributed by atoms with Gasteiger partial charge in [-0.15, -0.1) is 0 Å². The standard InChI is InChI=1S/C7H11/c1-6(2)5-7(3)4/h5H,1,3H2,2,4H3/b6-5-. The van der Waals surface area contributed by atoms with E-state index in [1.807, 2.05) is 19.9 Å². The molecule has 0 aliphatic rings. The number of hydrogen-bond donors (Lipinski definition) is 0. The third kappa shape index (κ3) is 5.48. The Morgan fingerprint density at radius 2 is 1.86 bits per heavy atom. The average molecular weight is 95.2 g/mol. The van der Waals surface area contributed by atoms with E-state index in [0.717, 1.165) is 11.1 Å².